The lowest BCUT2D eigenvalue weighted by molar-refractivity contribution is 0.358. The van der Waals surface area contributed by atoms with E-state index in [0.29, 0.717) is 6.04 Å². The molecule has 96 valence electrons. The van der Waals surface area contributed by atoms with Crippen molar-refractivity contribution in [2.24, 2.45) is 5.92 Å². The number of halogens is 1. The Bertz CT molecular complexity index is 552. The molecular formula is C14H17ClN2S. The van der Waals surface area contributed by atoms with Crippen LogP contribution in [0.15, 0.2) is 18.2 Å². The van der Waals surface area contributed by atoms with Crippen molar-refractivity contribution in [2.45, 2.75) is 38.6 Å². The van der Waals surface area contributed by atoms with E-state index in [-0.39, 0.29) is 0 Å². The van der Waals surface area contributed by atoms with Crippen molar-refractivity contribution in [1.29, 1.82) is 0 Å². The normalized spacial score (nSPS) is 24.3. The lowest BCUT2D eigenvalue weighted by Gasteiger charge is -2.27. The maximum absolute atomic E-state index is 5.98. The van der Waals surface area contributed by atoms with E-state index in [0.717, 1.165) is 21.6 Å². The summed E-state index contributed by atoms with van der Waals surface area (Å²) in [6.45, 7) is 2.34. The van der Waals surface area contributed by atoms with Crippen LogP contribution in [0, 0.1) is 5.92 Å². The van der Waals surface area contributed by atoms with Gasteiger partial charge in [0, 0.05) is 11.1 Å². The quantitative estimate of drug-likeness (QED) is 0.843. The zero-order valence-electron chi connectivity index (χ0n) is 10.4. The molecule has 1 aliphatic rings. The smallest absolute Gasteiger partial charge is 0.184 e. The van der Waals surface area contributed by atoms with Crippen LogP contribution in [-0.4, -0.2) is 11.0 Å². The molecular weight excluding hydrogens is 264 g/mol. The molecule has 18 heavy (non-hydrogen) atoms. The standard InChI is InChI=1S/C14H17ClN2S/c1-9-3-2-4-11(7-9)16-14-17-12-8-10(15)5-6-13(12)18-14/h5-6,8-9,11H,2-4,7H2,1H3,(H,16,17). The fourth-order valence-corrected chi connectivity index (χ4v) is 3.79. The Morgan fingerprint density at radius 1 is 1.39 bits per heavy atom. The first-order chi connectivity index (χ1) is 8.70. The molecule has 1 aromatic carbocycles. The van der Waals surface area contributed by atoms with Gasteiger partial charge in [0.05, 0.1) is 10.2 Å². The minimum Gasteiger partial charge on any atom is -0.359 e. The second kappa shape index (κ2) is 5.06. The summed E-state index contributed by atoms with van der Waals surface area (Å²) < 4.78 is 1.20. The summed E-state index contributed by atoms with van der Waals surface area (Å²) in [6.07, 6.45) is 5.22. The fourth-order valence-electron chi connectivity index (χ4n) is 2.70. The van der Waals surface area contributed by atoms with Crippen molar-refractivity contribution in [1.82, 2.24) is 4.98 Å². The van der Waals surface area contributed by atoms with Gasteiger partial charge in [-0.2, -0.15) is 0 Å². The number of anilines is 1. The summed E-state index contributed by atoms with van der Waals surface area (Å²) in [5.74, 6) is 0.833. The van der Waals surface area contributed by atoms with Gasteiger partial charge in [0.1, 0.15) is 0 Å². The second-order valence-electron chi connectivity index (χ2n) is 5.24. The molecule has 3 rings (SSSR count). The summed E-state index contributed by atoms with van der Waals surface area (Å²) in [7, 11) is 0. The number of fused-ring (bicyclic) bond motifs is 1. The van der Waals surface area contributed by atoms with Gasteiger partial charge in [-0.15, -0.1) is 0 Å². The SMILES string of the molecule is CC1CCCC(Nc2nc3cc(Cl)ccc3s2)C1. The van der Waals surface area contributed by atoms with Gasteiger partial charge in [0.2, 0.25) is 0 Å². The molecule has 2 aromatic rings. The summed E-state index contributed by atoms with van der Waals surface area (Å²) in [5.41, 5.74) is 0.999. The molecule has 1 heterocycles. The van der Waals surface area contributed by atoms with Crippen molar-refractivity contribution in [3.05, 3.63) is 23.2 Å². The van der Waals surface area contributed by atoms with Crippen LogP contribution in [0.1, 0.15) is 32.6 Å². The minimum atomic E-state index is 0.588. The van der Waals surface area contributed by atoms with Gasteiger partial charge >= 0.3 is 0 Å². The Hall–Kier alpha value is -0.800. The van der Waals surface area contributed by atoms with Crippen LogP contribution in [0.5, 0.6) is 0 Å². The summed E-state index contributed by atoms with van der Waals surface area (Å²) in [6, 6.07) is 6.49. The van der Waals surface area contributed by atoms with Crippen molar-refractivity contribution >= 4 is 38.3 Å². The van der Waals surface area contributed by atoms with Crippen molar-refractivity contribution in [3.8, 4) is 0 Å². The molecule has 0 aliphatic heterocycles. The predicted molar refractivity (Wildman–Crippen MR) is 79.7 cm³/mol. The maximum atomic E-state index is 5.98. The van der Waals surface area contributed by atoms with Crippen molar-refractivity contribution in [2.75, 3.05) is 5.32 Å². The Labute approximate surface area is 116 Å². The fraction of sp³-hybridized carbons (Fsp3) is 0.500. The van der Waals surface area contributed by atoms with Crippen molar-refractivity contribution < 1.29 is 0 Å². The highest BCUT2D eigenvalue weighted by molar-refractivity contribution is 7.22. The topological polar surface area (TPSA) is 24.9 Å². The molecule has 1 saturated carbocycles. The highest BCUT2D eigenvalue weighted by atomic mass is 35.5. The van der Waals surface area contributed by atoms with E-state index in [1.807, 2.05) is 18.2 Å². The Morgan fingerprint density at radius 3 is 3.11 bits per heavy atom. The summed E-state index contributed by atoms with van der Waals surface area (Å²) in [4.78, 5) is 4.62. The van der Waals surface area contributed by atoms with Crippen LogP contribution in [-0.2, 0) is 0 Å². The molecule has 1 fully saturated rings. The third-order valence-corrected chi connectivity index (χ3v) is 4.82. The second-order valence-corrected chi connectivity index (χ2v) is 6.71. The Kier molecular flexibility index (Phi) is 3.44. The van der Waals surface area contributed by atoms with E-state index in [4.69, 9.17) is 11.6 Å². The molecule has 2 nitrogen and oxygen atoms in total. The third-order valence-electron chi connectivity index (χ3n) is 3.61. The number of benzene rings is 1. The van der Waals surface area contributed by atoms with Crippen LogP contribution in [0.4, 0.5) is 5.13 Å². The van der Waals surface area contributed by atoms with Crippen LogP contribution in [0.2, 0.25) is 5.02 Å². The molecule has 0 amide bonds. The number of nitrogens with one attached hydrogen (secondary N) is 1. The first-order valence-corrected chi connectivity index (χ1v) is 7.73. The molecule has 1 aliphatic carbocycles. The van der Waals surface area contributed by atoms with E-state index < -0.39 is 0 Å². The molecule has 2 atom stereocenters. The lowest BCUT2D eigenvalue weighted by Crippen LogP contribution is -2.25. The molecule has 1 N–H and O–H groups in total. The average Bonchev–Trinajstić information content (AvgIpc) is 2.70. The average molecular weight is 281 g/mol. The zero-order chi connectivity index (χ0) is 12.5. The van der Waals surface area contributed by atoms with Gasteiger partial charge in [0.15, 0.2) is 5.13 Å². The predicted octanol–water partition coefficient (Wildman–Crippen LogP) is 4.94. The van der Waals surface area contributed by atoms with Crippen LogP contribution in [0.3, 0.4) is 0 Å². The number of rotatable bonds is 2. The Morgan fingerprint density at radius 2 is 2.28 bits per heavy atom. The first kappa shape index (κ1) is 12.2. The lowest BCUT2D eigenvalue weighted by atomic mass is 9.87. The molecule has 4 heteroatoms. The van der Waals surface area contributed by atoms with Gasteiger partial charge in [-0.05, 0) is 37.0 Å². The first-order valence-electron chi connectivity index (χ1n) is 6.53. The molecule has 0 saturated heterocycles. The van der Waals surface area contributed by atoms with E-state index in [1.165, 1.54) is 30.4 Å². The van der Waals surface area contributed by atoms with E-state index >= 15 is 0 Å². The van der Waals surface area contributed by atoms with Crippen LogP contribution >= 0.6 is 22.9 Å². The monoisotopic (exact) mass is 280 g/mol. The number of aromatic nitrogens is 1. The molecule has 2 unspecified atom stereocenters. The van der Waals surface area contributed by atoms with Gasteiger partial charge in [-0.25, -0.2) is 4.98 Å². The van der Waals surface area contributed by atoms with Gasteiger partial charge < -0.3 is 5.32 Å². The highest BCUT2D eigenvalue weighted by Gasteiger charge is 2.19. The largest absolute Gasteiger partial charge is 0.359 e. The highest BCUT2D eigenvalue weighted by Crippen LogP contribution is 2.31. The number of hydrogen-bond acceptors (Lipinski definition) is 3. The van der Waals surface area contributed by atoms with Gasteiger partial charge in [-0.1, -0.05) is 42.7 Å². The van der Waals surface area contributed by atoms with E-state index in [2.05, 4.69) is 17.2 Å². The summed E-state index contributed by atoms with van der Waals surface area (Å²) >= 11 is 7.70. The molecule has 0 spiro atoms. The zero-order valence-corrected chi connectivity index (χ0v) is 12.0. The van der Waals surface area contributed by atoms with E-state index in [1.54, 1.807) is 11.3 Å². The third kappa shape index (κ3) is 2.62. The van der Waals surface area contributed by atoms with Crippen LogP contribution in [0.25, 0.3) is 10.2 Å². The van der Waals surface area contributed by atoms with Gasteiger partial charge in [0.25, 0.3) is 0 Å². The minimum absolute atomic E-state index is 0.588. The summed E-state index contributed by atoms with van der Waals surface area (Å²) in [5, 5.41) is 5.37. The molecule has 0 bridgehead atoms. The maximum Gasteiger partial charge on any atom is 0.184 e. The number of nitrogens with zero attached hydrogens (tertiary/aromatic N) is 1. The number of hydrogen-bond donors (Lipinski definition) is 1. The van der Waals surface area contributed by atoms with Crippen LogP contribution < -0.4 is 5.32 Å². The Balaban J connectivity index is 1.78. The number of thiazole rings is 1. The molecule has 0 radical (unpaired) electrons. The van der Waals surface area contributed by atoms with Gasteiger partial charge in [-0.3, -0.25) is 0 Å². The van der Waals surface area contributed by atoms with Crippen molar-refractivity contribution in [3.63, 3.8) is 0 Å². The van der Waals surface area contributed by atoms with E-state index in [9.17, 15) is 0 Å². The molecule has 1 aromatic heterocycles.